The average molecular weight is 389 g/mol. The van der Waals surface area contributed by atoms with Crippen molar-refractivity contribution in [1.82, 2.24) is 15.1 Å². The molecular formula is C21H28FN3O3. The molecule has 1 aromatic carbocycles. The second-order valence-electron chi connectivity index (χ2n) is 6.28. The molecule has 1 N–H and O–H groups in total. The molecule has 0 aliphatic rings. The van der Waals surface area contributed by atoms with Gasteiger partial charge in [0.2, 0.25) is 5.91 Å². The highest BCUT2D eigenvalue weighted by molar-refractivity contribution is 5.75. The second-order valence-corrected chi connectivity index (χ2v) is 6.28. The van der Waals surface area contributed by atoms with Crippen LogP contribution in [0.5, 0.6) is 5.75 Å². The van der Waals surface area contributed by atoms with Crippen LogP contribution in [0, 0.1) is 5.82 Å². The smallest absolute Gasteiger partial charge is 0.267 e. The van der Waals surface area contributed by atoms with Gasteiger partial charge in [-0.25, -0.2) is 9.07 Å². The molecule has 0 spiro atoms. The number of rotatable bonds is 9. The number of hydrogen-bond donors (Lipinski definition) is 1. The molecule has 6 nitrogen and oxygen atoms in total. The molecule has 0 unspecified atom stereocenters. The number of halogens is 1. The predicted octanol–water partition coefficient (Wildman–Crippen LogP) is 3.56. The van der Waals surface area contributed by atoms with Crippen molar-refractivity contribution in [1.29, 1.82) is 0 Å². The van der Waals surface area contributed by atoms with Crippen LogP contribution in [0.3, 0.4) is 0 Å². The molecule has 1 amide bonds. The van der Waals surface area contributed by atoms with Gasteiger partial charge in [0.25, 0.3) is 5.56 Å². The zero-order valence-electron chi connectivity index (χ0n) is 16.5. The summed E-state index contributed by atoms with van der Waals surface area (Å²) in [5, 5.41) is 6.94. The van der Waals surface area contributed by atoms with Gasteiger partial charge in [0.15, 0.2) is 0 Å². The number of ether oxygens (including phenoxy) is 1. The van der Waals surface area contributed by atoms with Crippen LogP contribution in [-0.4, -0.2) is 29.3 Å². The van der Waals surface area contributed by atoms with Crippen molar-refractivity contribution < 1.29 is 15.3 Å². The third-order valence-electron chi connectivity index (χ3n) is 4.33. The van der Waals surface area contributed by atoms with E-state index in [0.29, 0.717) is 12.3 Å². The van der Waals surface area contributed by atoms with Crippen LogP contribution >= 0.6 is 0 Å². The molecule has 152 valence electrons. The number of benzene rings is 1. The zero-order valence-corrected chi connectivity index (χ0v) is 16.5. The van der Waals surface area contributed by atoms with Gasteiger partial charge in [0.1, 0.15) is 18.1 Å². The van der Waals surface area contributed by atoms with Crippen molar-refractivity contribution in [3.63, 3.8) is 0 Å². The standard InChI is InChI=1S/C21H26FN3O3.H2/c1-4-6-15(5-2)11-12-23-20(26)14-25-21(27)10-9-19(24-25)17-8-7-16(28-3)13-18(17)22;/h6-10,13H,4-5,11-12,14H2,1-3H3,(H,23,26);1H/b15-6+;. The summed E-state index contributed by atoms with van der Waals surface area (Å²) in [6, 6.07) is 7.09. The van der Waals surface area contributed by atoms with Gasteiger partial charge < -0.3 is 10.1 Å². The third-order valence-corrected chi connectivity index (χ3v) is 4.33. The summed E-state index contributed by atoms with van der Waals surface area (Å²) in [6.45, 7) is 4.44. The number of amides is 1. The Bertz CT molecular complexity index is 912. The highest BCUT2D eigenvalue weighted by Crippen LogP contribution is 2.23. The Morgan fingerprint density at radius 1 is 1.32 bits per heavy atom. The van der Waals surface area contributed by atoms with E-state index >= 15 is 0 Å². The Morgan fingerprint density at radius 3 is 2.75 bits per heavy atom. The summed E-state index contributed by atoms with van der Waals surface area (Å²) in [5.74, 6) is -0.442. The molecule has 7 heteroatoms. The fourth-order valence-electron chi connectivity index (χ4n) is 2.80. The lowest BCUT2D eigenvalue weighted by Crippen LogP contribution is -2.34. The van der Waals surface area contributed by atoms with E-state index in [-0.39, 0.29) is 25.1 Å². The van der Waals surface area contributed by atoms with Crippen LogP contribution in [0.4, 0.5) is 4.39 Å². The molecule has 0 aliphatic heterocycles. The number of nitrogens with one attached hydrogen (secondary N) is 1. The topological polar surface area (TPSA) is 73.2 Å². The Kier molecular flexibility index (Phi) is 7.92. The Morgan fingerprint density at radius 2 is 2.11 bits per heavy atom. The number of carbonyl (C=O) groups excluding carboxylic acids is 1. The molecular weight excluding hydrogens is 361 g/mol. The lowest BCUT2D eigenvalue weighted by molar-refractivity contribution is -0.121. The number of aromatic nitrogens is 2. The molecule has 0 aliphatic carbocycles. The molecule has 0 saturated carbocycles. The van der Waals surface area contributed by atoms with Gasteiger partial charge in [0, 0.05) is 25.7 Å². The van der Waals surface area contributed by atoms with Crippen LogP contribution in [0.1, 0.15) is 34.5 Å². The number of methoxy groups -OCH3 is 1. The SMILES string of the molecule is CC/C=C(\CC)CCNC(=O)Cn1nc(-c2ccc(OC)cc2F)ccc1=O.[HH]. The fraction of sp³-hybridized carbons (Fsp3) is 0.381. The normalized spacial score (nSPS) is 11.4. The second kappa shape index (κ2) is 10.4. The quantitative estimate of drug-likeness (QED) is 0.666. The summed E-state index contributed by atoms with van der Waals surface area (Å²) in [5.41, 5.74) is 1.36. The third kappa shape index (κ3) is 5.77. The maximum atomic E-state index is 14.3. The highest BCUT2D eigenvalue weighted by atomic mass is 19.1. The van der Waals surface area contributed by atoms with Gasteiger partial charge in [-0.05, 0) is 37.5 Å². The fourth-order valence-corrected chi connectivity index (χ4v) is 2.80. The summed E-state index contributed by atoms with van der Waals surface area (Å²) < 4.78 is 20.3. The van der Waals surface area contributed by atoms with Crippen molar-refractivity contribution in [2.24, 2.45) is 0 Å². The first-order valence-electron chi connectivity index (χ1n) is 9.35. The van der Waals surface area contributed by atoms with Gasteiger partial charge in [-0.2, -0.15) is 5.10 Å². The molecule has 0 fully saturated rings. The molecule has 0 radical (unpaired) electrons. The maximum absolute atomic E-state index is 14.3. The van der Waals surface area contributed by atoms with E-state index in [1.807, 2.05) is 0 Å². The van der Waals surface area contributed by atoms with E-state index in [1.54, 1.807) is 6.07 Å². The minimum Gasteiger partial charge on any atom is -0.497 e. The molecule has 0 bridgehead atoms. The van der Waals surface area contributed by atoms with Crippen LogP contribution in [0.2, 0.25) is 0 Å². The Hall–Kier alpha value is -2.96. The predicted molar refractivity (Wildman–Crippen MR) is 109 cm³/mol. The largest absolute Gasteiger partial charge is 0.497 e. The maximum Gasteiger partial charge on any atom is 0.267 e. The highest BCUT2D eigenvalue weighted by Gasteiger charge is 2.11. The van der Waals surface area contributed by atoms with Crippen LogP contribution in [0.25, 0.3) is 11.3 Å². The molecule has 2 aromatic rings. The molecule has 28 heavy (non-hydrogen) atoms. The summed E-state index contributed by atoms with van der Waals surface area (Å²) >= 11 is 0. The minimum absolute atomic E-state index is 0. The molecule has 0 saturated heterocycles. The Labute approximate surface area is 165 Å². The number of carbonyl (C=O) groups is 1. The number of nitrogens with zero attached hydrogens (tertiary/aromatic N) is 2. The Balaban J connectivity index is 0.00000420. The van der Waals surface area contributed by atoms with E-state index in [4.69, 9.17) is 4.74 Å². The van der Waals surface area contributed by atoms with Crippen molar-refractivity contribution >= 4 is 5.91 Å². The van der Waals surface area contributed by atoms with Crippen molar-refractivity contribution in [3.8, 4) is 17.0 Å². The van der Waals surface area contributed by atoms with Gasteiger partial charge >= 0.3 is 0 Å². The first-order valence-corrected chi connectivity index (χ1v) is 9.35. The van der Waals surface area contributed by atoms with E-state index in [2.05, 4.69) is 30.3 Å². The van der Waals surface area contributed by atoms with Crippen LogP contribution in [-0.2, 0) is 11.3 Å². The zero-order chi connectivity index (χ0) is 20.5. The molecule has 2 rings (SSSR count). The first-order chi connectivity index (χ1) is 13.5. The molecule has 0 atom stereocenters. The monoisotopic (exact) mass is 389 g/mol. The van der Waals surface area contributed by atoms with E-state index < -0.39 is 11.4 Å². The minimum atomic E-state index is -0.517. The van der Waals surface area contributed by atoms with Crippen molar-refractivity contribution in [2.75, 3.05) is 13.7 Å². The number of hydrogen-bond acceptors (Lipinski definition) is 4. The van der Waals surface area contributed by atoms with Crippen LogP contribution < -0.4 is 15.6 Å². The lowest BCUT2D eigenvalue weighted by Gasteiger charge is -2.10. The molecule has 1 aromatic heterocycles. The van der Waals surface area contributed by atoms with Gasteiger partial charge in [-0.15, -0.1) is 0 Å². The summed E-state index contributed by atoms with van der Waals surface area (Å²) in [4.78, 5) is 24.2. The van der Waals surface area contributed by atoms with Crippen molar-refractivity contribution in [2.45, 2.75) is 39.7 Å². The van der Waals surface area contributed by atoms with Gasteiger partial charge in [-0.1, -0.05) is 25.5 Å². The van der Waals surface area contributed by atoms with E-state index in [0.717, 1.165) is 23.9 Å². The van der Waals surface area contributed by atoms with E-state index in [9.17, 15) is 14.0 Å². The lowest BCUT2D eigenvalue weighted by atomic mass is 10.1. The van der Waals surface area contributed by atoms with Crippen LogP contribution in [0.15, 0.2) is 46.8 Å². The number of allylic oxidation sites excluding steroid dienone is 1. The van der Waals surface area contributed by atoms with Crippen molar-refractivity contribution in [3.05, 3.63) is 58.2 Å². The average Bonchev–Trinajstić information content (AvgIpc) is 2.69. The molecule has 1 heterocycles. The van der Waals surface area contributed by atoms with Gasteiger partial charge in [-0.3, -0.25) is 9.59 Å². The van der Waals surface area contributed by atoms with E-state index in [1.165, 1.54) is 36.9 Å². The summed E-state index contributed by atoms with van der Waals surface area (Å²) in [6.07, 6.45) is 4.84. The summed E-state index contributed by atoms with van der Waals surface area (Å²) in [7, 11) is 1.45. The first kappa shape index (κ1) is 21.3. The van der Waals surface area contributed by atoms with Gasteiger partial charge in [0.05, 0.1) is 12.8 Å².